The van der Waals surface area contributed by atoms with Crippen molar-refractivity contribution in [2.24, 2.45) is 10.8 Å². The summed E-state index contributed by atoms with van der Waals surface area (Å²) in [7, 11) is 0. The van der Waals surface area contributed by atoms with E-state index in [1.807, 2.05) is 0 Å². The SMILES string of the molecule is CCCC(C(=O)O)(C(=O)O)C(C)(C)C.[LiH].[NaH]. The number of carboxylic acids is 2. The summed E-state index contributed by atoms with van der Waals surface area (Å²) in [5, 5.41) is 18.2. The van der Waals surface area contributed by atoms with Crippen molar-refractivity contribution in [2.75, 3.05) is 0 Å². The molecule has 0 aromatic carbocycles. The summed E-state index contributed by atoms with van der Waals surface area (Å²) in [4.78, 5) is 22.2. The number of rotatable bonds is 4. The molecule has 0 aliphatic carbocycles. The van der Waals surface area contributed by atoms with E-state index in [0.29, 0.717) is 6.42 Å². The van der Waals surface area contributed by atoms with Crippen LogP contribution in [0.4, 0.5) is 0 Å². The van der Waals surface area contributed by atoms with E-state index in [4.69, 9.17) is 10.2 Å². The van der Waals surface area contributed by atoms with Crippen LogP contribution in [-0.4, -0.2) is 70.6 Å². The van der Waals surface area contributed by atoms with Crippen LogP contribution < -0.4 is 0 Å². The van der Waals surface area contributed by atoms with Crippen LogP contribution in [0.1, 0.15) is 40.5 Å². The molecule has 6 heteroatoms. The van der Waals surface area contributed by atoms with Gasteiger partial charge < -0.3 is 10.2 Å². The summed E-state index contributed by atoms with van der Waals surface area (Å²) in [6.45, 7) is 6.72. The van der Waals surface area contributed by atoms with Crippen molar-refractivity contribution in [3.8, 4) is 0 Å². The van der Waals surface area contributed by atoms with Crippen molar-refractivity contribution < 1.29 is 19.8 Å². The number of hydrogen-bond acceptors (Lipinski definition) is 2. The predicted molar refractivity (Wildman–Crippen MR) is 66.4 cm³/mol. The van der Waals surface area contributed by atoms with Gasteiger partial charge in [0.2, 0.25) is 0 Å². The third-order valence-electron chi connectivity index (χ3n) is 2.64. The van der Waals surface area contributed by atoms with Gasteiger partial charge in [0.25, 0.3) is 0 Å². The van der Waals surface area contributed by atoms with Crippen LogP contribution >= 0.6 is 0 Å². The molecule has 0 saturated heterocycles. The first-order valence-electron chi connectivity index (χ1n) is 4.67. The second-order valence-electron chi connectivity index (χ2n) is 4.52. The first-order chi connectivity index (χ1) is 6.20. The van der Waals surface area contributed by atoms with Gasteiger partial charge in [-0.2, -0.15) is 0 Å². The molecule has 0 heterocycles. The predicted octanol–water partition coefficient (Wildman–Crippen LogP) is 0.691. The topological polar surface area (TPSA) is 74.6 Å². The fourth-order valence-electron chi connectivity index (χ4n) is 1.70. The van der Waals surface area contributed by atoms with Crippen LogP contribution in [-0.2, 0) is 9.59 Å². The van der Waals surface area contributed by atoms with E-state index in [2.05, 4.69) is 0 Å². The molecule has 0 spiro atoms. The Balaban J connectivity index is -0.000000845. The van der Waals surface area contributed by atoms with Crippen LogP contribution in [0.3, 0.4) is 0 Å². The average molecular weight is 234 g/mol. The average Bonchev–Trinajstić information content (AvgIpc) is 1.95. The van der Waals surface area contributed by atoms with Gasteiger partial charge >= 0.3 is 60.4 Å². The van der Waals surface area contributed by atoms with Crippen LogP contribution in [0, 0.1) is 10.8 Å². The van der Waals surface area contributed by atoms with Gasteiger partial charge in [0.15, 0.2) is 5.41 Å². The third-order valence-corrected chi connectivity index (χ3v) is 2.64. The maximum absolute atomic E-state index is 11.1. The van der Waals surface area contributed by atoms with Gasteiger partial charge in [0, 0.05) is 0 Å². The molecule has 0 atom stereocenters. The zero-order valence-corrected chi connectivity index (χ0v) is 9.13. The molecule has 0 fully saturated rings. The summed E-state index contributed by atoms with van der Waals surface area (Å²) in [6, 6.07) is 0. The molecular weight excluding hydrogens is 214 g/mol. The summed E-state index contributed by atoms with van der Waals surface area (Å²) in [5.41, 5.74) is -2.47. The van der Waals surface area contributed by atoms with E-state index in [-0.39, 0.29) is 54.8 Å². The molecule has 0 amide bonds. The standard InChI is InChI=1S/C10H18O4.Li.Na.2H/c1-5-6-10(7(11)12,8(13)14)9(2,3)4;;;;/h5-6H2,1-4H3,(H,11,12)(H,13,14);;;;. The first-order valence-corrected chi connectivity index (χ1v) is 4.67. The van der Waals surface area contributed by atoms with Gasteiger partial charge in [-0.3, -0.25) is 9.59 Å². The Hall–Kier alpha value is 0.537. The van der Waals surface area contributed by atoms with Gasteiger partial charge in [0.05, 0.1) is 0 Å². The van der Waals surface area contributed by atoms with Gasteiger partial charge in [-0.25, -0.2) is 0 Å². The molecule has 0 saturated carbocycles. The van der Waals surface area contributed by atoms with E-state index >= 15 is 0 Å². The molecule has 0 aromatic rings. The minimum atomic E-state index is -1.68. The summed E-state index contributed by atoms with van der Waals surface area (Å²) >= 11 is 0. The molecule has 0 aromatic heterocycles. The Kier molecular flexibility index (Phi) is 10.6. The number of carboxylic acid groups (broad SMARTS) is 2. The zero-order chi connectivity index (χ0) is 11.6. The Morgan fingerprint density at radius 3 is 1.44 bits per heavy atom. The monoisotopic (exact) mass is 234 g/mol. The van der Waals surface area contributed by atoms with Crippen molar-refractivity contribution in [3.05, 3.63) is 0 Å². The Bertz CT molecular complexity index is 234. The van der Waals surface area contributed by atoms with Gasteiger partial charge in [0.1, 0.15) is 0 Å². The number of carbonyl (C=O) groups is 2. The second-order valence-corrected chi connectivity index (χ2v) is 4.52. The summed E-state index contributed by atoms with van der Waals surface area (Å²) in [5.74, 6) is -2.50. The fraction of sp³-hybridized carbons (Fsp3) is 0.800. The van der Waals surface area contributed by atoms with Crippen molar-refractivity contribution in [1.82, 2.24) is 0 Å². The summed E-state index contributed by atoms with van der Waals surface area (Å²) in [6.07, 6.45) is 0.692. The normalized spacial score (nSPS) is 11.0. The molecule has 0 aliphatic rings. The van der Waals surface area contributed by atoms with E-state index < -0.39 is 22.8 Å². The molecule has 0 unspecified atom stereocenters. The maximum atomic E-state index is 11.1. The third kappa shape index (κ3) is 4.09. The van der Waals surface area contributed by atoms with Crippen molar-refractivity contribution in [2.45, 2.75) is 40.5 Å². The molecule has 4 nitrogen and oxygen atoms in total. The minimum absolute atomic E-state index is 0. The molecule has 2 N–H and O–H groups in total. The van der Waals surface area contributed by atoms with E-state index in [9.17, 15) is 9.59 Å². The van der Waals surface area contributed by atoms with Crippen molar-refractivity contribution >= 4 is 60.4 Å². The van der Waals surface area contributed by atoms with Crippen LogP contribution in [0.25, 0.3) is 0 Å². The second kappa shape index (κ2) is 7.79. The Morgan fingerprint density at radius 2 is 1.38 bits per heavy atom. The summed E-state index contributed by atoms with van der Waals surface area (Å²) < 4.78 is 0. The zero-order valence-electron chi connectivity index (χ0n) is 9.13. The Morgan fingerprint density at radius 1 is 1.06 bits per heavy atom. The molecule has 0 radical (unpaired) electrons. The molecule has 0 rings (SSSR count). The van der Waals surface area contributed by atoms with Crippen molar-refractivity contribution in [1.29, 1.82) is 0 Å². The van der Waals surface area contributed by atoms with Gasteiger partial charge in [-0.1, -0.05) is 34.1 Å². The van der Waals surface area contributed by atoms with Gasteiger partial charge in [-0.05, 0) is 11.8 Å². The molecule has 16 heavy (non-hydrogen) atoms. The number of aliphatic carboxylic acids is 2. The molecule has 86 valence electrons. The number of hydrogen-bond donors (Lipinski definition) is 2. The van der Waals surface area contributed by atoms with Gasteiger partial charge in [-0.15, -0.1) is 0 Å². The molecule has 0 aliphatic heterocycles. The van der Waals surface area contributed by atoms with E-state index in [0.717, 1.165) is 0 Å². The first kappa shape index (κ1) is 21.8. The quantitative estimate of drug-likeness (QED) is 0.554. The van der Waals surface area contributed by atoms with Crippen LogP contribution in [0.2, 0.25) is 0 Å². The van der Waals surface area contributed by atoms with E-state index in [1.54, 1.807) is 27.7 Å². The van der Waals surface area contributed by atoms with Crippen LogP contribution in [0.5, 0.6) is 0 Å². The van der Waals surface area contributed by atoms with Crippen molar-refractivity contribution in [3.63, 3.8) is 0 Å². The van der Waals surface area contributed by atoms with Crippen LogP contribution in [0.15, 0.2) is 0 Å². The fourth-order valence-corrected chi connectivity index (χ4v) is 1.70. The van der Waals surface area contributed by atoms with E-state index in [1.165, 1.54) is 0 Å². The molecular formula is C10H20LiNaO4. The molecule has 0 bridgehead atoms. The Labute approximate surface area is 131 Å².